The van der Waals surface area contributed by atoms with Crippen molar-refractivity contribution in [2.45, 2.75) is 26.3 Å². The molecule has 138 valence electrons. The maximum absolute atomic E-state index is 12.8. The smallest absolute Gasteiger partial charge is 0.326 e. The normalized spacial score (nSPS) is 11.9. The van der Waals surface area contributed by atoms with E-state index < -0.39 is 17.9 Å². The number of hydrogen-bond donors (Lipinski definition) is 3. The Morgan fingerprint density at radius 2 is 1.81 bits per heavy atom. The first-order valence-electron chi connectivity index (χ1n) is 8.53. The van der Waals surface area contributed by atoms with Gasteiger partial charge in [-0.2, -0.15) is 0 Å². The maximum Gasteiger partial charge on any atom is 0.326 e. The minimum absolute atomic E-state index is 0.101. The van der Waals surface area contributed by atoms with Crippen molar-refractivity contribution in [2.75, 3.05) is 0 Å². The number of benzene rings is 2. The first-order valence-corrected chi connectivity index (χ1v) is 8.53. The van der Waals surface area contributed by atoms with Crippen LogP contribution in [0.3, 0.4) is 0 Å². The van der Waals surface area contributed by atoms with E-state index in [1.807, 2.05) is 19.1 Å². The Morgan fingerprint density at radius 1 is 1.11 bits per heavy atom. The van der Waals surface area contributed by atoms with Crippen LogP contribution in [0.5, 0.6) is 5.75 Å². The molecule has 0 saturated heterocycles. The molecule has 1 atom stereocenters. The molecule has 0 unspecified atom stereocenters. The number of pyridine rings is 1. The van der Waals surface area contributed by atoms with Crippen molar-refractivity contribution < 1.29 is 19.8 Å². The van der Waals surface area contributed by atoms with Crippen LogP contribution in [0.1, 0.15) is 27.2 Å². The summed E-state index contributed by atoms with van der Waals surface area (Å²) in [6, 6.07) is 12.4. The number of carboxylic acids is 1. The molecule has 27 heavy (non-hydrogen) atoms. The van der Waals surface area contributed by atoms with Crippen molar-refractivity contribution in [3.8, 4) is 5.75 Å². The number of nitrogens with zero attached hydrogens (tertiary/aromatic N) is 1. The second-order valence-corrected chi connectivity index (χ2v) is 6.52. The molecule has 6 heteroatoms. The van der Waals surface area contributed by atoms with Crippen molar-refractivity contribution in [1.82, 2.24) is 10.3 Å². The van der Waals surface area contributed by atoms with Gasteiger partial charge in [-0.15, -0.1) is 0 Å². The number of hydrogen-bond acceptors (Lipinski definition) is 4. The van der Waals surface area contributed by atoms with Crippen LogP contribution in [0.4, 0.5) is 0 Å². The zero-order valence-corrected chi connectivity index (χ0v) is 15.1. The highest BCUT2D eigenvalue weighted by Gasteiger charge is 2.22. The van der Waals surface area contributed by atoms with E-state index in [1.54, 1.807) is 31.2 Å². The van der Waals surface area contributed by atoms with Gasteiger partial charge in [-0.25, -0.2) is 4.79 Å². The largest absolute Gasteiger partial charge is 0.508 e. The van der Waals surface area contributed by atoms with Gasteiger partial charge in [0.15, 0.2) is 0 Å². The summed E-state index contributed by atoms with van der Waals surface area (Å²) in [4.78, 5) is 29.0. The lowest BCUT2D eigenvalue weighted by Crippen LogP contribution is -2.42. The molecule has 1 heterocycles. The predicted octanol–water partition coefficient (Wildman–Crippen LogP) is 2.98. The molecule has 1 aromatic heterocycles. The monoisotopic (exact) mass is 364 g/mol. The molecule has 0 aliphatic heterocycles. The second kappa shape index (κ2) is 7.45. The SMILES string of the molecule is Cc1cc(C(=O)N[C@@H](Cc2ccc(O)cc2)C(=O)O)c2cccc(C)c2n1. The van der Waals surface area contributed by atoms with Crippen molar-refractivity contribution >= 4 is 22.8 Å². The summed E-state index contributed by atoms with van der Waals surface area (Å²) in [5, 5.41) is 22.2. The number of aromatic nitrogens is 1. The molecule has 3 rings (SSSR count). The predicted molar refractivity (Wildman–Crippen MR) is 102 cm³/mol. The van der Waals surface area contributed by atoms with Gasteiger partial charge in [0.1, 0.15) is 11.8 Å². The molecule has 2 aromatic carbocycles. The quantitative estimate of drug-likeness (QED) is 0.646. The summed E-state index contributed by atoms with van der Waals surface area (Å²) >= 11 is 0. The molecule has 3 aromatic rings. The maximum atomic E-state index is 12.8. The lowest BCUT2D eigenvalue weighted by molar-refractivity contribution is -0.139. The molecule has 1 amide bonds. The highest BCUT2D eigenvalue weighted by molar-refractivity contribution is 6.07. The number of rotatable bonds is 5. The summed E-state index contributed by atoms with van der Waals surface area (Å²) in [6.07, 6.45) is 0.113. The molecule has 0 aliphatic rings. The number of carboxylic acid groups (broad SMARTS) is 1. The van der Waals surface area contributed by atoms with E-state index in [2.05, 4.69) is 10.3 Å². The van der Waals surface area contributed by atoms with Crippen LogP contribution in [0.15, 0.2) is 48.5 Å². The molecule has 0 saturated carbocycles. The lowest BCUT2D eigenvalue weighted by Gasteiger charge is -2.16. The van der Waals surface area contributed by atoms with Crippen molar-refractivity contribution in [3.05, 3.63) is 70.9 Å². The van der Waals surface area contributed by atoms with E-state index >= 15 is 0 Å². The molecule has 0 bridgehead atoms. The van der Waals surface area contributed by atoms with Gasteiger partial charge in [0.05, 0.1) is 11.1 Å². The molecule has 0 spiro atoms. The Kier molecular flexibility index (Phi) is 5.07. The average molecular weight is 364 g/mol. The van der Waals surface area contributed by atoms with Gasteiger partial charge < -0.3 is 15.5 Å². The van der Waals surface area contributed by atoms with Gasteiger partial charge in [0.25, 0.3) is 5.91 Å². The number of carbonyl (C=O) groups is 2. The summed E-state index contributed by atoms with van der Waals surface area (Å²) in [5.41, 5.74) is 3.47. The van der Waals surface area contributed by atoms with Gasteiger partial charge in [0, 0.05) is 17.5 Å². The fourth-order valence-corrected chi connectivity index (χ4v) is 3.01. The fourth-order valence-electron chi connectivity index (χ4n) is 3.01. The number of phenolic OH excluding ortho intramolecular Hbond substituents is 1. The molecule has 6 nitrogen and oxygen atoms in total. The number of aliphatic carboxylic acids is 1. The van der Waals surface area contributed by atoms with Gasteiger partial charge in [-0.05, 0) is 43.2 Å². The van der Waals surface area contributed by atoms with Gasteiger partial charge >= 0.3 is 5.97 Å². The number of aromatic hydroxyl groups is 1. The Morgan fingerprint density at radius 3 is 2.48 bits per heavy atom. The summed E-state index contributed by atoms with van der Waals surface area (Å²) in [5.74, 6) is -1.48. The van der Waals surface area contributed by atoms with Gasteiger partial charge in [-0.1, -0.05) is 30.3 Å². The van der Waals surface area contributed by atoms with E-state index in [4.69, 9.17) is 0 Å². The van der Waals surface area contributed by atoms with Gasteiger partial charge in [-0.3, -0.25) is 9.78 Å². The van der Waals surface area contributed by atoms with E-state index in [9.17, 15) is 19.8 Å². The molecular weight excluding hydrogens is 344 g/mol. The third-order valence-corrected chi connectivity index (χ3v) is 4.39. The van der Waals surface area contributed by atoms with Gasteiger partial charge in [0.2, 0.25) is 0 Å². The number of para-hydroxylation sites is 1. The van der Waals surface area contributed by atoms with Crippen molar-refractivity contribution in [1.29, 1.82) is 0 Å². The number of nitrogens with one attached hydrogen (secondary N) is 1. The molecule has 0 fully saturated rings. The molecule has 0 aliphatic carbocycles. The Hall–Kier alpha value is -3.41. The topological polar surface area (TPSA) is 99.5 Å². The van der Waals surface area contributed by atoms with Crippen LogP contribution in [-0.4, -0.2) is 33.1 Å². The Bertz CT molecular complexity index is 1010. The van der Waals surface area contributed by atoms with E-state index in [0.717, 1.165) is 11.1 Å². The third-order valence-electron chi connectivity index (χ3n) is 4.39. The van der Waals surface area contributed by atoms with E-state index in [1.165, 1.54) is 12.1 Å². The van der Waals surface area contributed by atoms with Crippen LogP contribution in [0.25, 0.3) is 10.9 Å². The van der Waals surface area contributed by atoms with Crippen LogP contribution in [0, 0.1) is 13.8 Å². The minimum atomic E-state index is -1.12. The first kappa shape index (κ1) is 18.4. The van der Waals surface area contributed by atoms with E-state index in [-0.39, 0.29) is 12.2 Å². The summed E-state index contributed by atoms with van der Waals surface area (Å²) in [7, 11) is 0. The number of aryl methyl sites for hydroxylation is 2. The van der Waals surface area contributed by atoms with E-state index in [0.29, 0.717) is 22.2 Å². The highest BCUT2D eigenvalue weighted by atomic mass is 16.4. The number of phenols is 1. The zero-order valence-electron chi connectivity index (χ0n) is 15.1. The molecular formula is C21H20N2O4. The Balaban J connectivity index is 1.90. The van der Waals surface area contributed by atoms with Crippen LogP contribution in [0.2, 0.25) is 0 Å². The second-order valence-electron chi connectivity index (χ2n) is 6.52. The number of carbonyl (C=O) groups excluding carboxylic acids is 1. The van der Waals surface area contributed by atoms with Crippen LogP contribution < -0.4 is 5.32 Å². The van der Waals surface area contributed by atoms with Crippen molar-refractivity contribution in [2.24, 2.45) is 0 Å². The lowest BCUT2D eigenvalue weighted by atomic mass is 10.0. The van der Waals surface area contributed by atoms with Crippen LogP contribution in [-0.2, 0) is 11.2 Å². The minimum Gasteiger partial charge on any atom is -0.508 e. The fraction of sp³-hybridized carbons (Fsp3) is 0.190. The van der Waals surface area contributed by atoms with Crippen LogP contribution >= 0.6 is 0 Å². The third kappa shape index (κ3) is 4.06. The zero-order chi connectivity index (χ0) is 19.6. The first-order chi connectivity index (χ1) is 12.8. The standard InChI is InChI=1S/C21H20N2O4/c1-12-4-3-5-16-17(10-13(2)22-19(12)16)20(25)23-18(21(26)27)11-14-6-8-15(24)9-7-14/h3-10,18,24H,11H2,1-2H3,(H,23,25)(H,26,27)/t18-/m0/s1. The average Bonchev–Trinajstić information content (AvgIpc) is 2.63. The summed E-state index contributed by atoms with van der Waals surface area (Å²) < 4.78 is 0. The highest BCUT2D eigenvalue weighted by Crippen LogP contribution is 2.21. The number of fused-ring (bicyclic) bond motifs is 1. The number of amides is 1. The summed E-state index contributed by atoms with van der Waals surface area (Å²) in [6.45, 7) is 3.72. The molecule has 0 radical (unpaired) electrons. The Labute approximate surface area is 156 Å². The van der Waals surface area contributed by atoms with Crippen molar-refractivity contribution in [3.63, 3.8) is 0 Å². The molecule has 3 N–H and O–H groups in total.